The van der Waals surface area contributed by atoms with Crippen molar-refractivity contribution in [2.24, 2.45) is 0 Å². The molecule has 2 heterocycles. The monoisotopic (exact) mass is 412 g/mol. The van der Waals surface area contributed by atoms with Crippen molar-refractivity contribution >= 4 is 16.7 Å². The van der Waals surface area contributed by atoms with E-state index in [1.165, 1.54) is 6.07 Å². The predicted octanol–water partition coefficient (Wildman–Crippen LogP) is 5.34. The van der Waals surface area contributed by atoms with Gasteiger partial charge in [-0.1, -0.05) is 18.2 Å². The van der Waals surface area contributed by atoms with Gasteiger partial charge in [0.15, 0.2) is 0 Å². The molecule has 1 aromatic carbocycles. The Hall–Kier alpha value is -2.83. The summed E-state index contributed by atoms with van der Waals surface area (Å²) in [5, 5.41) is 4.15. The molecule has 0 spiro atoms. The highest BCUT2D eigenvalue weighted by molar-refractivity contribution is 5.90. The van der Waals surface area contributed by atoms with Crippen molar-refractivity contribution in [3.05, 3.63) is 62.8 Å². The first-order valence-corrected chi connectivity index (χ1v) is 10.2. The van der Waals surface area contributed by atoms with Gasteiger partial charge >= 0.3 is 0 Å². The van der Waals surface area contributed by atoms with Crippen LogP contribution in [-0.4, -0.2) is 14.5 Å². The highest BCUT2D eigenvalue weighted by atomic mass is 19.3. The Kier molecular flexibility index (Phi) is 4.87. The highest BCUT2D eigenvalue weighted by Crippen LogP contribution is 2.42. The standard InChI is InChI=1S/C23H26F2N4O/c1-12-16(7-6-8-17(12)20(24)25)14(3)26-21-18-11-29(23(5)9-10-23)22(30)13(2)19(18)27-15(4)28-21/h6-8,11,14,20H,9-10H2,1-5H3,(H,26,27,28). The topological polar surface area (TPSA) is 59.8 Å². The summed E-state index contributed by atoms with van der Waals surface area (Å²) in [5.41, 5.74) is 2.43. The van der Waals surface area contributed by atoms with Crippen LogP contribution in [-0.2, 0) is 5.54 Å². The molecule has 5 nitrogen and oxygen atoms in total. The van der Waals surface area contributed by atoms with Crippen molar-refractivity contribution in [3.63, 3.8) is 0 Å². The van der Waals surface area contributed by atoms with E-state index in [0.717, 1.165) is 23.8 Å². The van der Waals surface area contributed by atoms with Crippen LogP contribution < -0.4 is 10.9 Å². The molecule has 30 heavy (non-hydrogen) atoms. The van der Waals surface area contributed by atoms with Crippen LogP contribution in [0.2, 0.25) is 0 Å². The SMILES string of the molecule is Cc1nc(NC(C)c2cccc(C(F)F)c2C)c2cn(C3(C)CC3)c(=O)c(C)c2n1. The van der Waals surface area contributed by atoms with Gasteiger partial charge in [-0.15, -0.1) is 0 Å². The van der Waals surface area contributed by atoms with E-state index < -0.39 is 6.43 Å². The maximum Gasteiger partial charge on any atom is 0.264 e. The van der Waals surface area contributed by atoms with Crippen molar-refractivity contribution in [2.75, 3.05) is 5.32 Å². The molecule has 0 saturated heterocycles. The number of nitrogens with one attached hydrogen (secondary N) is 1. The van der Waals surface area contributed by atoms with Crippen molar-refractivity contribution in [3.8, 4) is 0 Å². The first-order chi connectivity index (χ1) is 14.1. The number of rotatable bonds is 5. The zero-order valence-electron chi connectivity index (χ0n) is 17.9. The molecule has 4 rings (SSSR count). The van der Waals surface area contributed by atoms with E-state index in [9.17, 15) is 13.6 Å². The summed E-state index contributed by atoms with van der Waals surface area (Å²) < 4.78 is 28.5. The van der Waals surface area contributed by atoms with Crippen LogP contribution in [0.15, 0.2) is 29.2 Å². The highest BCUT2D eigenvalue weighted by Gasteiger charge is 2.40. The molecule has 158 valence electrons. The van der Waals surface area contributed by atoms with Gasteiger partial charge in [0, 0.05) is 22.9 Å². The minimum atomic E-state index is -2.52. The van der Waals surface area contributed by atoms with Crippen LogP contribution in [0.3, 0.4) is 0 Å². The summed E-state index contributed by atoms with van der Waals surface area (Å²) in [4.78, 5) is 22.0. The van der Waals surface area contributed by atoms with E-state index >= 15 is 0 Å². The third-order valence-electron chi connectivity index (χ3n) is 6.24. The Morgan fingerprint density at radius 1 is 1.10 bits per heavy atom. The fourth-order valence-corrected chi connectivity index (χ4v) is 4.05. The fraction of sp³-hybridized carbons (Fsp3) is 0.435. The molecule has 0 radical (unpaired) electrons. The van der Waals surface area contributed by atoms with Gasteiger partial charge in [0.25, 0.3) is 12.0 Å². The molecule has 1 aliphatic carbocycles. The second kappa shape index (κ2) is 7.15. The summed E-state index contributed by atoms with van der Waals surface area (Å²) in [6.07, 6.45) is 1.25. The van der Waals surface area contributed by atoms with Crippen LogP contribution in [0.5, 0.6) is 0 Å². The molecule has 0 bridgehead atoms. The van der Waals surface area contributed by atoms with Gasteiger partial charge < -0.3 is 9.88 Å². The molecule has 0 aliphatic heterocycles. The molecule has 2 aromatic heterocycles. The molecule has 1 fully saturated rings. The van der Waals surface area contributed by atoms with Gasteiger partial charge in [-0.2, -0.15) is 0 Å². The molecule has 7 heteroatoms. The number of benzene rings is 1. The lowest BCUT2D eigenvalue weighted by Crippen LogP contribution is -2.30. The summed E-state index contributed by atoms with van der Waals surface area (Å²) in [6.45, 7) is 9.29. The zero-order chi connectivity index (χ0) is 21.8. The number of pyridine rings is 1. The lowest BCUT2D eigenvalue weighted by molar-refractivity contribution is 0.150. The van der Waals surface area contributed by atoms with E-state index in [1.54, 1.807) is 31.4 Å². The first-order valence-electron chi connectivity index (χ1n) is 10.2. The average Bonchev–Trinajstić information content (AvgIpc) is 3.43. The Labute approximate surface area is 174 Å². The summed E-state index contributed by atoms with van der Waals surface area (Å²) in [5.74, 6) is 1.15. The number of fused-ring (bicyclic) bond motifs is 1. The molecule has 1 unspecified atom stereocenters. The van der Waals surface area contributed by atoms with Crippen molar-refractivity contribution in [1.82, 2.24) is 14.5 Å². The normalized spacial score (nSPS) is 16.1. The van der Waals surface area contributed by atoms with E-state index in [2.05, 4.69) is 22.2 Å². The number of anilines is 1. The predicted molar refractivity (Wildman–Crippen MR) is 114 cm³/mol. The number of hydrogen-bond acceptors (Lipinski definition) is 4. The lowest BCUT2D eigenvalue weighted by Gasteiger charge is -2.21. The smallest absolute Gasteiger partial charge is 0.264 e. The summed E-state index contributed by atoms with van der Waals surface area (Å²) in [6, 6.07) is 4.71. The van der Waals surface area contributed by atoms with Gasteiger partial charge in [0.1, 0.15) is 11.6 Å². The van der Waals surface area contributed by atoms with Crippen LogP contribution in [0.4, 0.5) is 14.6 Å². The second-order valence-electron chi connectivity index (χ2n) is 8.54. The fourth-order valence-electron chi connectivity index (χ4n) is 4.05. The van der Waals surface area contributed by atoms with Crippen molar-refractivity contribution in [2.45, 2.75) is 65.5 Å². The summed E-state index contributed by atoms with van der Waals surface area (Å²) >= 11 is 0. The van der Waals surface area contributed by atoms with Crippen LogP contribution in [0.1, 0.15) is 67.2 Å². The molecular weight excluding hydrogens is 386 g/mol. The molecule has 1 aliphatic rings. The quantitative estimate of drug-likeness (QED) is 0.615. The Bertz CT molecular complexity index is 1200. The third-order valence-corrected chi connectivity index (χ3v) is 6.24. The number of halogens is 2. The molecule has 1 atom stereocenters. The Morgan fingerprint density at radius 3 is 2.40 bits per heavy atom. The molecule has 0 amide bonds. The van der Waals surface area contributed by atoms with E-state index in [0.29, 0.717) is 28.3 Å². The van der Waals surface area contributed by atoms with E-state index in [1.807, 2.05) is 19.2 Å². The lowest BCUT2D eigenvalue weighted by atomic mass is 9.97. The number of hydrogen-bond donors (Lipinski definition) is 1. The number of aryl methyl sites for hydroxylation is 2. The molecule has 3 aromatic rings. The number of alkyl halides is 2. The first kappa shape index (κ1) is 20.4. The number of nitrogens with zero attached hydrogens (tertiary/aromatic N) is 3. The largest absolute Gasteiger partial charge is 0.363 e. The Balaban J connectivity index is 1.82. The Morgan fingerprint density at radius 2 is 1.77 bits per heavy atom. The van der Waals surface area contributed by atoms with Crippen LogP contribution in [0, 0.1) is 20.8 Å². The van der Waals surface area contributed by atoms with E-state index in [4.69, 9.17) is 0 Å². The zero-order valence-corrected chi connectivity index (χ0v) is 17.9. The molecular formula is C23H26F2N4O. The molecule has 1 saturated carbocycles. The van der Waals surface area contributed by atoms with Crippen LogP contribution in [0.25, 0.3) is 10.9 Å². The van der Waals surface area contributed by atoms with Gasteiger partial charge in [0.2, 0.25) is 0 Å². The van der Waals surface area contributed by atoms with E-state index in [-0.39, 0.29) is 22.7 Å². The van der Waals surface area contributed by atoms with Crippen molar-refractivity contribution < 1.29 is 8.78 Å². The average molecular weight is 412 g/mol. The second-order valence-corrected chi connectivity index (χ2v) is 8.54. The van der Waals surface area contributed by atoms with Gasteiger partial charge in [-0.3, -0.25) is 4.79 Å². The number of aromatic nitrogens is 3. The van der Waals surface area contributed by atoms with Crippen molar-refractivity contribution in [1.29, 1.82) is 0 Å². The van der Waals surface area contributed by atoms with Gasteiger partial charge in [-0.25, -0.2) is 18.7 Å². The van der Waals surface area contributed by atoms with Crippen LogP contribution >= 0.6 is 0 Å². The minimum Gasteiger partial charge on any atom is -0.363 e. The maximum atomic E-state index is 13.3. The van der Waals surface area contributed by atoms with Gasteiger partial charge in [-0.05, 0) is 58.6 Å². The third kappa shape index (κ3) is 3.36. The summed E-state index contributed by atoms with van der Waals surface area (Å²) in [7, 11) is 0. The van der Waals surface area contributed by atoms with Gasteiger partial charge in [0.05, 0.1) is 16.9 Å². The minimum absolute atomic E-state index is 0.0277. The maximum absolute atomic E-state index is 13.3. The molecule has 1 N–H and O–H groups in total.